The summed E-state index contributed by atoms with van der Waals surface area (Å²) >= 11 is 0. The monoisotopic (exact) mass is 461 g/mol. The Balaban J connectivity index is 1.30. The molecule has 1 aliphatic heterocycles. The van der Waals surface area contributed by atoms with Crippen molar-refractivity contribution in [1.29, 1.82) is 0 Å². The maximum atomic E-state index is 12.9. The molecule has 1 fully saturated rings. The molecule has 0 spiro atoms. The summed E-state index contributed by atoms with van der Waals surface area (Å²) in [6.07, 6.45) is 0.778. The average Bonchev–Trinajstić information content (AvgIpc) is 3.27. The number of carbonyl (C=O) groups is 2. The summed E-state index contributed by atoms with van der Waals surface area (Å²) in [5.74, 6) is 1.60. The molecule has 1 N–H and O–H groups in total. The number of carbonyl (C=O) groups excluding carboxylic acids is 2. The van der Waals surface area contributed by atoms with Gasteiger partial charge in [-0.2, -0.15) is 4.98 Å². The van der Waals surface area contributed by atoms with Gasteiger partial charge in [-0.1, -0.05) is 49.3 Å². The Morgan fingerprint density at radius 2 is 1.79 bits per heavy atom. The highest BCUT2D eigenvalue weighted by atomic mass is 16.5. The molecule has 8 heteroatoms. The maximum Gasteiger partial charge on any atom is 0.254 e. The smallest absolute Gasteiger partial charge is 0.254 e. The SMILES string of the molecule is CC(=O)Nc1cccc(C(=O)N2CCN(Cc3ccc(-c4noc(CC(C)C)n4)cc3)CC2)c1. The van der Waals surface area contributed by atoms with Crippen LogP contribution in [-0.4, -0.2) is 57.9 Å². The molecule has 0 unspecified atom stereocenters. The molecule has 0 bridgehead atoms. The Morgan fingerprint density at radius 3 is 2.47 bits per heavy atom. The largest absolute Gasteiger partial charge is 0.339 e. The third-order valence-electron chi connectivity index (χ3n) is 5.76. The fraction of sp³-hybridized carbons (Fsp3) is 0.385. The van der Waals surface area contributed by atoms with Crippen LogP contribution in [0.4, 0.5) is 5.69 Å². The van der Waals surface area contributed by atoms with Crippen LogP contribution in [0.5, 0.6) is 0 Å². The summed E-state index contributed by atoms with van der Waals surface area (Å²) in [5.41, 5.74) is 3.38. The summed E-state index contributed by atoms with van der Waals surface area (Å²) in [6.45, 7) is 9.48. The summed E-state index contributed by atoms with van der Waals surface area (Å²) in [5, 5.41) is 6.83. The Hall–Kier alpha value is -3.52. The Morgan fingerprint density at radius 1 is 1.06 bits per heavy atom. The van der Waals surface area contributed by atoms with Crippen LogP contribution in [0.3, 0.4) is 0 Å². The van der Waals surface area contributed by atoms with Crippen LogP contribution >= 0.6 is 0 Å². The molecule has 1 aliphatic rings. The van der Waals surface area contributed by atoms with Gasteiger partial charge < -0.3 is 14.7 Å². The third kappa shape index (κ3) is 6.08. The number of nitrogens with one attached hydrogen (secondary N) is 1. The highest BCUT2D eigenvalue weighted by Crippen LogP contribution is 2.20. The van der Waals surface area contributed by atoms with E-state index in [0.29, 0.717) is 42.0 Å². The molecule has 0 saturated carbocycles. The van der Waals surface area contributed by atoms with Gasteiger partial charge in [-0.05, 0) is 29.7 Å². The van der Waals surface area contributed by atoms with Crippen LogP contribution in [0.1, 0.15) is 42.6 Å². The fourth-order valence-corrected chi connectivity index (χ4v) is 4.05. The summed E-state index contributed by atoms with van der Waals surface area (Å²) < 4.78 is 5.35. The van der Waals surface area contributed by atoms with Crippen molar-refractivity contribution in [2.75, 3.05) is 31.5 Å². The molecule has 2 amide bonds. The predicted octanol–water partition coefficient (Wildman–Crippen LogP) is 3.85. The van der Waals surface area contributed by atoms with E-state index < -0.39 is 0 Å². The first kappa shape index (κ1) is 23.6. The molecule has 178 valence electrons. The normalized spacial score (nSPS) is 14.4. The van der Waals surface area contributed by atoms with Crippen molar-refractivity contribution in [3.05, 3.63) is 65.5 Å². The molecule has 0 radical (unpaired) electrons. The first-order chi connectivity index (χ1) is 16.4. The molecule has 0 aliphatic carbocycles. The van der Waals surface area contributed by atoms with Gasteiger partial charge in [0, 0.05) is 62.9 Å². The van der Waals surface area contributed by atoms with Gasteiger partial charge in [0.25, 0.3) is 5.91 Å². The van der Waals surface area contributed by atoms with Crippen molar-refractivity contribution in [3.63, 3.8) is 0 Å². The molecule has 8 nitrogen and oxygen atoms in total. The third-order valence-corrected chi connectivity index (χ3v) is 5.76. The summed E-state index contributed by atoms with van der Waals surface area (Å²) in [7, 11) is 0. The van der Waals surface area contributed by atoms with E-state index in [0.717, 1.165) is 31.6 Å². The van der Waals surface area contributed by atoms with Crippen molar-refractivity contribution in [1.82, 2.24) is 19.9 Å². The predicted molar refractivity (Wildman–Crippen MR) is 130 cm³/mol. The fourth-order valence-electron chi connectivity index (χ4n) is 4.05. The second-order valence-electron chi connectivity index (χ2n) is 9.14. The van der Waals surface area contributed by atoms with Crippen molar-refractivity contribution >= 4 is 17.5 Å². The molecule has 3 aromatic rings. The average molecular weight is 462 g/mol. The standard InChI is InChI=1S/C26H31N5O3/c1-18(2)15-24-28-25(29-34-24)21-9-7-20(8-10-21)17-30-11-13-31(14-12-30)26(33)22-5-4-6-23(16-22)27-19(3)32/h4-10,16,18H,11-15,17H2,1-3H3,(H,27,32). The quantitative estimate of drug-likeness (QED) is 0.575. The Labute approximate surface area is 199 Å². The number of rotatable bonds is 7. The topological polar surface area (TPSA) is 91.6 Å². The second-order valence-corrected chi connectivity index (χ2v) is 9.14. The van der Waals surface area contributed by atoms with Gasteiger partial charge in [-0.15, -0.1) is 0 Å². The summed E-state index contributed by atoms with van der Waals surface area (Å²) in [6, 6.07) is 15.3. The van der Waals surface area contributed by atoms with Crippen LogP contribution < -0.4 is 5.32 Å². The van der Waals surface area contributed by atoms with E-state index in [2.05, 4.69) is 46.3 Å². The van der Waals surface area contributed by atoms with E-state index in [4.69, 9.17) is 4.52 Å². The molecule has 1 aromatic heterocycles. The first-order valence-electron chi connectivity index (χ1n) is 11.7. The van der Waals surface area contributed by atoms with Gasteiger partial charge in [0.15, 0.2) is 0 Å². The number of amides is 2. The molecule has 1 saturated heterocycles. The van der Waals surface area contributed by atoms with Gasteiger partial charge in [0.05, 0.1) is 0 Å². The molecule has 2 aromatic carbocycles. The zero-order valence-corrected chi connectivity index (χ0v) is 20.0. The van der Waals surface area contributed by atoms with Crippen molar-refractivity contribution in [2.45, 2.75) is 33.7 Å². The molecular weight excluding hydrogens is 430 g/mol. The van der Waals surface area contributed by atoms with Crippen LogP contribution in [0.15, 0.2) is 53.1 Å². The lowest BCUT2D eigenvalue weighted by Gasteiger charge is -2.34. The second kappa shape index (κ2) is 10.6. The van der Waals surface area contributed by atoms with Gasteiger partial charge in [0.2, 0.25) is 17.6 Å². The van der Waals surface area contributed by atoms with Gasteiger partial charge in [0.1, 0.15) is 0 Å². The molecule has 2 heterocycles. The van der Waals surface area contributed by atoms with Gasteiger partial charge in [-0.25, -0.2) is 0 Å². The maximum absolute atomic E-state index is 12.9. The van der Waals surface area contributed by atoms with E-state index in [9.17, 15) is 9.59 Å². The lowest BCUT2D eigenvalue weighted by molar-refractivity contribution is -0.114. The van der Waals surface area contributed by atoms with Crippen LogP contribution in [0, 0.1) is 5.92 Å². The minimum atomic E-state index is -0.153. The number of piperazine rings is 1. The number of hydrogen-bond donors (Lipinski definition) is 1. The Bertz CT molecular complexity index is 1130. The molecule has 0 atom stereocenters. The molecule has 4 rings (SSSR count). The van der Waals surface area contributed by atoms with Crippen LogP contribution in [0.25, 0.3) is 11.4 Å². The highest BCUT2D eigenvalue weighted by Gasteiger charge is 2.22. The number of aromatic nitrogens is 2. The van der Waals surface area contributed by atoms with E-state index >= 15 is 0 Å². The summed E-state index contributed by atoms with van der Waals surface area (Å²) in [4.78, 5) is 32.9. The number of anilines is 1. The van der Waals surface area contributed by atoms with Crippen molar-refractivity contribution in [3.8, 4) is 11.4 Å². The number of nitrogens with zero attached hydrogens (tertiary/aromatic N) is 4. The van der Waals surface area contributed by atoms with E-state index in [1.165, 1.54) is 12.5 Å². The van der Waals surface area contributed by atoms with E-state index in [1.54, 1.807) is 24.3 Å². The number of hydrogen-bond acceptors (Lipinski definition) is 6. The van der Waals surface area contributed by atoms with Crippen LogP contribution in [0.2, 0.25) is 0 Å². The van der Waals surface area contributed by atoms with E-state index in [1.807, 2.05) is 17.0 Å². The zero-order valence-electron chi connectivity index (χ0n) is 20.0. The molecular formula is C26H31N5O3. The lowest BCUT2D eigenvalue weighted by Crippen LogP contribution is -2.48. The van der Waals surface area contributed by atoms with Crippen molar-refractivity contribution < 1.29 is 14.1 Å². The minimum absolute atomic E-state index is 0.00634. The lowest BCUT2D eigenvalue weighted by atomic mass is 10.1. The van der Waals surface area contributed by atoms with Crippen LogP contribution in [-0.2, 0) is 17.8 Å². The highest BCUT2D eigenvalue weighted by molar-refractivity contribution is 5.96. The van der Waals surface area contributed by atoms with E-state index in [-0.39, 0.29) is 11.8 Å². The first-order valence-corrected chi connectivity index (χ1v) is 11.7. The van der Waals surface area contributed by atoms with Gasteiger partial charge >= 0.3 is 0 Å². The number of benzene rings is 2. The molecule has 34 heavy (non-hydrogen) atoms. The minimum Gasteiger partial charge on any atom is -0.339 e. The van der Waals surface area contributed by atoms with Crippen molar-refractivity contribution in [2.24, 2.45) is 5.92 Å². The Kier molecular flexibility index (Phi) is 7.37. The zero-order chi connectivity index (χ0) is 24.1. The van der Waals surface area contributed by atoms with Gasteiger partial charge in [-0.3, -0.25) is 14.5 Å².